The van der Waals surface area contributed by atoms with E-state index in [4.69, 9.17) is 20.0 Å². The number of nitriles is 2. The van der Waals surface area contributed by atoms with Gasteiger partial charge in [-0.25, -0.2) is 4.79 Å². The zero-order chi connectivity index (χ0) is 26.6. The lowest BCUT2D eigenvalue weighted by Gasteiger charge is -2.40. The number of hydrogen-bond donors (Lipinski definition) is 0. The van der Waals surface area contributed by atoms with Crippen LogP contribution in [0.25, 0.3) is 0 Å². The average molecular weight is 562 g/mol. The molecular formula is C27H19N3O5S3. The van der Waals surface area contributed by atoms with E-state index in [0.717, 1.165) is 9.79 Å². The summed E-state index contributed by atoms with van der Waals surface area (Å²) in [5, 5.41) is 29.0. The second-order valence-electron chi connectivity index (χ2n) is 8.49. The number of rotatable bonds is 7. The Labute approximate surface area is 231 Å². The van der Waals surface area contributed by atoms with Crippen LogP contribution in [0.5, 0.6) is 0 Å². The standard InChI is InChI=1S/C27H19N3O5S3/c28-13-16-1-9-20(10-2-16)37-25-24-23(35-26(31)18-5-7-19(8-6-18)30(32)33)22(15-36-24)34-27(25)38-21-11-3-17(14-29)4-12-21/h1-12,22-25,27H,15H2/t22-,23-,24+,25-,27+/m1/s1. The molecule has 3 aromatic rings. The lowest BCUT2D eigenvalue weighted by atomic mass is 10.1. The molecule has 0 saturated carbocycles. The number of thioether (sulfide) groups is 3. The zero-order valence-electron chi connectivity index (χ0n) is 19.6. The first kappa shape index (κ1) is 26.1. The second-order valence-corrected chi connectivity index (χ2v) is 12.1. The van der Waals surface area contributed by atoms with Crippen molar-refractivity contribution in [1.82, 2.24) is 0 Å². The summed E-state index contributed by atoms with van der Waals surface area (Å²) >= 11 is 4.88. The van der Waals surface area contributed by atoms with E-state index in [1.54, 1.807) is 59.6 Å². The number of ether oxygens (including phenoxy) is 2. The van der Waals surface area contributed by atoms with Crippen molar-refractivity contribution in [3.05, 3.63) is 99.6 Å². The van der Waals surface area contributed by atoms with E-state index in [2.05, 4.69) is 12.1 Å². The minimum atomic E-state index is -0.550. The van der Waals surface area contributed by atoms with Crippen LogP contribution in [-0.2, 0) is 9.47 Å². The number of nitrogens with zero attached hydrogens (tertiary/aromatic N) is 3. The van der Waals surface area contributed by atoms with E-state index in [1.807, 2.05) is 24.3 Å². The maximum Gasteiger partial charge on any atom is 0.338 e. The first-order valence-electron chi connectivity index (χ1n) is 11.5. The third-order valence-corrected chi connectivity index (χ3v) is 10.4. The van der Waals surface area contributed by atoms with Gasteiger partial charge in [-0.2, -0.15) is 22.3 Å². The molecule has 2 fully saturated rings. The predicted octanol–water partition coefficient (Wildman–Crippen LogP) is 5.66. The van der Waals surface area contributed by atoms with Crippen LogP contribution in [-0.4, -0.2) is 44.8 Å². The quantitative estimate of drug-likeness (QED) is 0.203. The van der Waals surface area contributed by atoms with Gasteiger partial charge in [0.15, 0.2) is 0 Å². The highest BCUT2D eigenvalue weighted by atomic mass is 32.2. The lowest BCUT2D eigenvalue weighted by Crippen LogP contribution is -2.51. The van der Waals surface area contributed by atoms with Gasteiger partial charge in [-0.3, -0.25) is 10.1 Å². The maximum atomic E-state index is 13.0. The van der Waals surface area contributed by atoms with Crippen molar-refractivity contribution in [1.29, 1.82) is 10.5 Å². The summed E-state index contributed by atoms with van der Waals surface area (Å²) in [5.74, 6) is 0.115. The van der Waals surface area contributed by atoms with Crippen LogP contribution in [0.15, 0.2) is 82.6 Å². The molecule has 0 spiro atoms. The van der Waals surface area contributed by atoms with E-state index in [-0.39, 0.29) is 33.3 Å². The van der Waals surface area contributed by atoms with E-state index in [0.29, 0.717) is 16.9 Å². The fraction of sp³-hybridized carbons (Fsp3) is 0.222. The van der Waals surface area contributed by atoms with Crippen LogP contribution in [0.1, 0.15) is 21.5 Å². The molecule has 5 atom stereocenters. The molecule has 8 nitrogen and oxygen atoms in total. The Balaban J connectivity index is 1.38. The number of esters is 1. The predicted molar refractivity (Wildman–Crippen MR) is 145 cm³/mol. The topological polar surface area (TPSA) is 126 Å². The van der Waals surface area contributed by atoms with Crippen LogP contribution < -0.4 is 0 Å². The molecule has 2 saturated heterocycles. The van der Waals surface area contributed by atoms with Crippen molar-refractivity contribution in [3.63, 3.8) is 0 Å². The van der Waals surface area contributed by atoms with Gasteiger partial charge in [0, 0.05) is 27.7 Å². The van der Waals surface area contributed by atoms with Crippen molar-refractivity contribution in [2.24, 2.45) is 0 Å². The fourth-order valence-electron chi connectivity index (χ4n) is 4.19. The molecule has 0 N–H and O–H groups in total. The molecular weight excluding hydrogens is 543 g/mol. The molecule has 190 valence electrons. The molecule has 0 aliphatic carbocycles. The van der Waals surface area contributed by atoms with Gasteiger partial charge < -0.3 is 9.47 Å². The number of benzene rings is 3. The van der Waals surface area contributed by atoms with E-state index >= 15 is 0 Å². The van der Waals surface area contributed by atoms with E-state index < -0.39 is 17.0 Å². The summed E-state index contributed by atoms with van der Waals surface area (Å²) < 4.78 is 12.4. The van der Waals surface area contributed by atoms with Crippen LogP contribution in [0, 0.1) is 32.8 Å². The SMILES string of the molecule is N#Cc1ccc(S[C@@H]2[C@H]3SC[C@@H](O[C@H]2Sc2ccc(C#N)cc2)[C@H]3OC(=O)c2ccc([N+](=O)[O-])cc2)cc1. The fourth-order valence-corrected chi connectivity index (χ4v) is 8.59. The van der Waals surface area contributed by atoms with Crippen LogP contribution >= 0.6 is 35.3 Å². The van der Waals surface area contributed by atoms with Gasteiger partial charge in [0.05, 0.1) is 44.3 Å². The molecule has 2 bridgehead atoms. The maximum absolute atomic E-state index is 13.0. The highest BCUT2D eigenvalue weighted by molar-refractivity contribution is 8.06. The van der Waals surface area contributed by atoms with Crippen LogP contribution in [0.3, 0.4) is 0 Å². The third kappa shape index (κ3) is 5.66. The van der Waals surface area contributed by atoms with Crippen molar-refractivity contribution in [2.75, 3.05) is 5.75 Å². The summed E-state index contributed by atoms with van der Waals surface area (Å²) in [7, 11) is 0. The Kier molecular flexibility index (Phi) is 7.91. The first-order valence-corrected chi connectivity index (χ1v) is 14.3. The minimum absolute atomic E-state index is 0.0627. The molecule has 0 radical (unpaired) electrons. The van der Waals surface area contributed by atoms with Gasteiger partial charge in [-0.1, -0.05) is 11.8 Å². The normalized spacial score (nSPS) is 23.7. The van der Waals surface area contributed by atoms with Gasteiger partial charge >= 0.3 is 5.97 Å². The van der Waals surface area contributed by atoms with Gasteiger partial charge in [0.1, 0.15) is 17.6 Å². The van der Waals surface area contributed by atoms with Crippen LogP contribution in [0.4, 0.5) is 5.69 Å². The number of carbonyl (C=O) groups excluding carboxylic acids is 1. The Morgan fingerprint density at radius 2 is 1.53 bits per heavy atom. The number of hydrogen-bond acceptors (Lipinski definition) is 10. The molecule has 2 aliphatic heterocycles. The van der Waals surface area contributed by atoms with Crippen LogP contribution in [0.2, 0.25) is 0 Å². The number of nitro benzene ring substituents is 1. The third-order valence-electron chi connectivity index (χ3n) is 6.09. The summed E-state index contributed by atoms with van der Waals surface area (Å²) in [6.07, 6.45) is -0.794. The number of non-ortho nitro benzene ring substituents is 1. The summed E-state index contributed by atoms with van der Waals surface area (Å²) in [4.78, 5) is 25.3. The zero-order valence-corrected chi connectivity index (χ0v) is 22.1. The molecule has 2 heterocycles. The van der Waals surface area contributed by atoms with Gasteiger partial charge in [-0.05, 0) is 60.7 Å². The smallest absolute Gasteiger partial charge is 0.338 e. The van der Waals surface area contributed by atoms with Gasteiger partial charge in [-0.15, -0.1) is 11.8 Å². The monoisotopic (exact) mass is 561 g/mol. The summed E-state index contributed by atoms with van der Waals surface area (Å²) in [6, 6.07) is 24.3. The second kappa shape index (κ2) is 11.5. The molecule has 5 rings (SSSR count). The summed E-state index contributed by atoms with van der Waals surface area (Å²) in [5.41, 5.74) is 1.05. The highest BCUT2D eigenvalue weighted by Crippen LogP contribution is 2.50. The van der Waals surface area contributed by atoms with E-state index in [9.17, 15) is 14.9 Å². The Hall–Kier alpha value is -3.48. The van der Waals surface area contributed by atoms with Crippen molar-refractivity contribution in [3.8, 4) is 12.1 Å². The number of carbonyl (C=O) groups is 1. The lowest BCUT2D eigenvalue weighted by molar-refractivity contribution is -0.384. The minimum Gasteiger partial charge on any atom is -0.455 e. The molecule has 2 aliphatic rings. The van der Waals surface area contributed by atoms with Gasteiger partial charge in [0.25, 0.3) is 5.69 Å². The first-order chi connectivity index (χ1) is 18.4. The van der Waals surface area contributed by atoms with Crippen molar-refractivity contribution >= 4 is 46.9 Å². The Morgan fingerprint density at radius 3 is 2.08 bits per heavy atom. The summed E-state index contributed by atoms with van der Waals surface area (Å²) in [6.45, 7) is 0. The van der Waals surface area contributed by atoms with Gasteiger partial charge in [0.2, 0.25) is 0 Å². The molecule has 11 heteroatoms. The number of nitro groups is 1. The molecule has 38 heavy (non-hydrogen) atoms. The average Bonchev–Trinajstić information content (AvgIpc) is 3.24. The molecule has 0 unspecified atom stereocenters. The Bertz CT molecular complexity index is 1420. The Morgan fingerprint density at radius 1 is 0.947 bits per heavy atom. The largest absolute Gasteiger partial charge is 0.455 e. The molecule has 3 aromatic carbocycles. The van der Waals surface area contributed by atoms with Crippen molar-refractivity contribution < 1.29 is 19.2 Å². The van der Waals surface area contributed by atoms with E-state index in [1.165, 1.54) is 24.3 Å². The van der Waals surface area contributed by atoms with Crippen molar-refractivity contribution in [2.45, 2.75) is 37.9 Å². The molecule has 0 amide bonds. The highest BCUT2D eigenvalue weighted by Gasteiger charge is 2.53. The molecule has 0 aromatic heterocycles. The number of fused-ring (bicyclic) bond motifs is 2.